The molecule has 2 aliphatic heterocycles. The summed E-state index contributed by atoms with van der Waals surface area (Å²) in [5, 5.41) is 0.540. The zero-order valence-corrected chi connectivity index (χ0v) is 13.5. The number of halogens is 1. The van der Waals surface area contributed by atoms with Crippen molar-refractivity contribution in [3.63, 3.8) is 0 Å². The van der Waals surface area contributed by atoms with E-state index in [9.17, 15) is 9.59 Å². The van der Waals surface area contributed by atoms with Gasteiger partial charge in [0.2, 0.25) is 0 Å². The van der Waals surface area contributed by atoms with E-state index >= 15 is 0 Å². The van der Waals surface area contributed by atoms with Crippen molar-refractivity contribution in [1.82, 2.24) is 9.80 Å². The van der Waals surface area contributed by atoms with Crippen LogP contribution in [0, 0.1) is 0 Å². The zero-order chi connectivity index (χ0) is 15.9. The van der Waals surface area contributed by atoms with Crippen LogP contribution in [-0.2, 0) is 0 Å². The monoisotopic (exact) mass is 322 g/mol. The molecule has 1 saturated heterocycles. The van der Waals surface area contributed by atoms with Crippen molar-refractivity contribution in [2.45, 2.75) is 24.9 Å². The fourth-order valence-electron chi connectivity index (χ4n) is 3.13. The lowest BCUT2D eigenvalue weighted by Crippen LogP contribution is -2.53. The molecule has 0 saturated carbocycles. The highest BCUT2D eigenvalue weighted by Crippen LogP contribution is 2.40. The van der Waals surface area contributed by atoms with Gasteiger partial charge in [-0.3, -0.25) is 4.79 Å². The van der Waals surface area contributed by atoms with Gasteiger partial charge in [-0.2, -0.15) is 0 Å². The van der Waals surface area contributed by atoms with Crippen LogP contribution in [0.1, 0.15) is 29.6 Å². The van der Waals surface area contributed by atoms with Gasteiger partial charge in [0.05, 0.1) is 12.0 Å². The van der Waals surface area contributed by atoms with Crippen molar-refractivity contribution in [3.05, 3.63) is 28.8 Å². The minimum absolute atomic E-state index is 0.00386. The number of nitrogens with zero attached hydrogens (tertiary/aromatic N) is 2. The number of carbonyl (C=O) groups excluding carboxylic acids is 2. The molecule has 2 aliphatic rings. The van der Waals surface area contributed by atoms with Crippen molar-refractivity contribution >= 4 is 23.4 Å². The molecule has 0 atom stereocenters. The molecule has 1 spiro atoms. The maximum atomic E-state index is 12.4. The number of benzene rings is 1. The lowest BCUT2D eigenvalue weighted by Gasteiger charge is -2.44. The van der Waals surface area contributed by atoms with Gasteiger partial charge in [0.25, 0.3) is 0 Å². The Morgan fingerprint density at radius 3 is 2.64 bits per heavy atom. The maximum Gasteiger partial charge on any atom is 0.319 e. The van der Waals surface area contributed by atoms with Gasteiger partial charge >= 0.3 is 6.03 Å². The van der Waals surface area contributed by atoms with Crippen molar-refractivity contribution in [3.8, 4) is 5.75 Å². The average molecular weight is 323 g/mol. The van der Waals surface area contributed by atoms with Gasteiger partial charge in [0.15, 0.2) is 5.78 Å². The number of Topliss-reactive ketones (excluding diaryl/α,β-unsaturated/α-hetero) is 1. The number of rotatable bonds is 0. The van der Waals surface area contributed by atoms with Gasteiger partial charge in [-0.05, 0) is 18.2 Å². The molecular formula is C16H19ClN2O3. The third-order valence-corrected chi connectivity index (χ3v) is 4.61. The second-order valence-corrected chi connectivity index (χ2v) is 6.63. The van der Waals surface area contributed by atoms with E-state index in [4.69, 9.17) is 16.3 Å². The van der Waals surface area contributed by atoms with Crippen LogP contribution < -0.4 is 4.74 Å². The van der Waals surface area contributed by atoms with Crippen LogP contribution in [0.4, 0.5) is 4.79 Å². The molecule has 0 unspecified atom stereocenters. The summed E-state index contributed by atoms with van der Waals surface area (Å²) in [5.74, 6) is 0.671. The third kappa shape index (κ3) is 2.65. The van der Waals surface area contributed by atoms with E-state index in [1.807, 2.05) is 0 Å². The standard InChI is InChI=1S/C16H19ClN2O3/c1-18(2)15(21)19-7-5-16(6-8-19)10-13(20)12-9-11(17)3-4-14(12)22-16/h3-4,9H,5-8,10H2,1-2H3. The summed E-state index contributed by atoms with van der Waals surface area (Å²) in [6.07, 6.45) is 1.69. The molecule has 0 N–H and O–H groups in total. The SMILES string of the molecule is CN(C)C(=O)N1CCC2(CC1)CC(=O)c1cc(Cl)ccc1O2. The Hall–Kier alpha value is -1.75. The number of hydrogen-bond donors (Lipinski definition) is 0. The van der Waals surface area contributed by atoms with Gasteiger partial charge in [-0.25, -0.2) is 4.79 Å². The molecule has 2 amide bonds. The van der Waals surface area contributed by atoms with Gasteiger partial charge in [0.1, 0.15) is 11.4 Å². The normalized spacial score (nSPS) is 19.6. The summed E-state index contributed by atoms with van der Waals surface area (Å²) < 4.78 is 6.14. The Labute approximate surface area is 134 Å². The molecule has 1 fully saturated rings. The van der Waals surface area contributed by atoms with E-state index in [0.717, 1.165) is 0 Å². The second-order valence-electron chi connectivity index (χ2n) is 6.19. The van der Waals surface area contributed by atoms with Gasteiger partial charge in [-0.15, -0.1) is 0 Å². The molecule has 0 aliphatic carbocycles. The molecular weight excluding hydrogens is 304 g/mol. The van der Waals surface area contributed by atoms with Gasteiger partial charge < -0.3 is 14.5 Å². The van der Waals surface area contributed by atoms with E-state index in [1.165, 1.54) is 0 Å². The number of urea groups is 1. The predicted octanol–water partition coefficient (Wildman–Crippen LogP) is 2.82. The number of piperidine rings is 1. The highest BCUT2D eigenvalue weighted by molar-refractivity contribution is 6.31. The van der Waals surface area contributed by atoms with Crippen LogP contribution in [0.15, 0.2) is 18.2 Å². The fraction of sp³-hybridized carbons (Fsp3) is 0.500. The summed E-state index contributed by atoms with van der Waals surface area (Å²) in [6, 6.07) is 5.16. The average Bonchev–Trinajstić information content (AvgIpc) is 2.48. The van der Waals surface area contributed by atoms with Gasteiger partial charge in [-0.1, -0.05) is 11.6 Å². The summed E-state index contributed by atoms with van der Waals surface area (Å²) in [5.41, 5.74) is 0.0750. The van der Waals surface area contributed by atoms with Crippen LogP contribution in [0.2, 0.25) is 5.02 Å². The van der Waals surface area contributed by atoms with E-state index in [2.05, 4.69) is 0 Å². The summed E-state index contributed by atoms with van der Waals surface area (Å²) in [6.45, 7) is 1.21. The largest absolute Gasteiger partial charge is 0.486 e. The van der Waals surface area contributed by atoms with Crippen LogP contribution in [0.25, 0.3) is 0 Å². The molecule has 1 aromatic carbocycles. The number of fused-ring (bicyclic) bond motifs is 1. The highest BCUT2D eigenvalue weighted by Gasteiger charge is 2.43. The number of hydrogen-bond acceptors (Lipinski definition) is 3. The minimum atomic E-state index is -0.485. The molecule has 0 radical (unpaired) electrons. The Balaban J connectivity index is 1.76. The van der Waals surface area contributed by atoms with Crippen molar-refractivity contribution < 1.29 is 14.3 Å². The molecule has 0 aromatic heterocycles. The van der Waals surface area contributed by atoms with E-state index in [-0.39, 0.29) is 11.8 Å². The summed E-state index contributed by atoms with van der Waals surface area (Å²) in [4.78, 5) is 27.8. The van der Waals surface area contributed by atoms with E-state index in [1.54, 1.807) is 42.1 Å². The van der Waals surface area contributed by atoms with Crippen LogP contribution in [-0.4, -0.2) is 54.4 Å². The first kappa shape index (κ1) is 15.2. The Morgan fingerprint density at radius 1 is 1.32 bits per heavy atom. The third-order valence-electron chi connectivity index (χ3n) is 4.38. The van der Waals surface area contributed by atoms with Crippen molar-refractivity contribution in [1.29, 1.82) is 0 Å². The Morgan fingerprint density at radius 2 is 2.00 bits per heavy atom. The minimum Gasteiger partial charge on any atom is -0.486 e. The number of ether oxygens (including phenoxy) is 1. The molecule has 5 nitrogen and oxygen atoms in total. The lowest BCUT2D eigenvalue weighted by molar-refractivity contribution is -0.00269. The number of carbonyl (C=O) groups is 2. The Bertz CT molecular complexity index is 622. The molecule has 2 heterocycles. The summed E-state index contributed by atoms with van der Waals surface area (Å²) >= 11 is 5.95. The fourth-order valence-corrected chi connectivity index (χ4v) is 3.31. The topological polar surface area (TPSA) is 49.9 Å². The first-order valence-electron chi connectivity index (χ1n) is 7.38. The van der Waals surface area contributed by atoms with Crippen LogP contribution in [0.3, 0.4) is 0 Å². The van der Waals surface area contributed by atoms with Crippen LogP contribution >= 0.6 is 11.6 Å². The summed E-state index contributed by atoms with van der Waals surface area (Å²) in [7, 11) is 3.49. The molecule has 6 heteroatoms. The maximum absolute atomic E-state index is 12.4. The molecule has 22 heavy (non-hydrogen) atoms. The first-order chi connectivity index (χ1) is 10.4. The second kappa shape index (κ2) is 5.47. The molecule has 0 bridgehead atoms. The Kier molecular flexibility index (Phi) is 3.77. The first-order valence-corrected chi connectivity index (χ1v) is 7.76. The number of amides is 2. The number of likely N-dealkylation sites (tertiary alicyclic amines) is 1. The smallest absolute Gasteiger partial charge is 0.319 e. The van der Waals surface area contributed by atoms with Crippen molar-refractivity contribution in [2.24, 2.45) is 0 Å². The highest BCUT2D eigenvalue weighted by atomic mass is 35.5. The van der Waals surface area contributed by atoms with E-state index in [0.29, 0.717) is 48.7 Å². The lowest BCUT2D eigenvalue weighted by atomic mass is 9.82. The molecule has 1 aromatic rings. The van der Waals surface area contributed by atoms with Crippen LogP contribution in [0.5, 0.6) is 5.75 Å². The molecule has 118 valence electrons. The van der Waals surface area contributed by atoms with Gasteiger partial charge in [0, 0.05) is 45.0 Å². The van der Waals surface area contributed by atoms with Crippen molar-refractivity contribution in [2.75, 3.05) is 27.2 Å². The quantitative estimate of drug-likeness (QED) is 0.738. The predicted molar refractivity (Wildman–Crippen MR) is 83.6 cm³/mol. The molecule has 3 rings (SSSR count). The van der Waals surface area contributed by atoms with E-state index < -0.39 is 5.60 Å². The number of ketones is 1. The zero-order valence-electron chi connectivity index (χ0n) is 12.8.